The minimum absolute atomic E-state index is 0.0423. The quantitative estimate of drug-likeness (QED) is 0.479. The number of hydrogen-bond donors (Lipinski definition) is 1. The highest BCUT2D eigenvalue weighted by Crippen LogP contribution is 2.40. The van der Waals surface area contributed by atoms with Gasteiger partial charge in [0.05, 0.1) is 5.56 Å². The molecule has 0 spiro atoms. The highest BCUT2D eigenvalue weighted by atomic mass is 79.9. The largest absolute Gasteiger partial charge is 0.490 e. The predicted octanol–water partition coefficient (Wildman–Crippen LogP) is 6.09. The van der Waals surface area contributed by atoms with Crippen LogP contribution in [0.25, 0.3) is 0 Å². The molecule has 0 aliphatic carbocycles. The summed E-state index contributed by atoms with van der Waals surface area (Å²) in [5, 5.41) is 3.54. The topological polar surface area (TPSA) is 41.6 Å². The number of anilines is 2. The Labute approximate surface area is 178 Å². The first-order valence-electron chi connectivity index (χ1n) is 9.37. The number of para-hydroxylation sites is 1. The third-order valence-electron chi connectivity index (χ3n) is 4.84. The Bertz CT molecular complexity index is 1080. The molecular formula is C24H21BrN2O2. The van der Waals surface area contributed by atoms with E-state index in [-0.39, 0.29) is 12.1 Å². The van der Waals surface area contributed by atoms with Gasteiger partial charge < -0.3 is 10.1 Å². The molecule has 3 aromatic rings. The van der Waals surface area contributed by atoms with Gasteiger partial charge in [0.25, 0.3) is 5.91 Å². The maximum absolute atomic E-state index is 13.5. The number of nitrogens with zero attached hydrogens (tertiary/aromatic N) is 1. The van der Waals surface area contributed by atoms with Gasteiger partial charge in [-0.2, -0.15) is 0 Å². The van der Waals surface area contributed by atoms with Gasteiger partial charge >= 0.3 is 0 Å². The van der Waals surface area contributed by atoms with Gasteiger partial charge in [-0.15, -0.1) is 0 Å². The highest BCUT2D eigenvalue weighted by Gasteiger charge is 2.35. The standard InChI is InChI=1S/C24H21BrN2O2/c1-3-13-29-18-11-12-21(25)20(15-18)23-26-22-10-5-4-9-19(22)24(28)27(23)17-8-6-7-16(2)14-17/h3-12,14-15,23,26H,1,13H2,2H3/t23-/m1/s1. The van der Waals surface area contributed by atoms with Gasteiger partial charge in [-0.1, -0.05) is 52.9 Å². The van der Waals surface area contributed by atoms with Crippen LogP contribution in [0, 0.1) is 6.92 Å². The second-order valence-corrected chi connectivity index (χ2v) is 7.74. The fourth-order valence-corrected chi connectivity index (χ4v) is 3.96. The lowest BCUT2D eigenvalue weighted by molar-refractivity contribution is 0.0975. The van der Waals surface area contributed by atoms with Gasteiger partial charge in [0.1, 0.15) is 18.5 Å². The van der Waals surface area contributed by atoms with E-state index in [4.69, 9.17) is 4.74 Å². The van der Waals surface area contributed by atoms with Crippen molar-refractivity contribution in [2.75, 3.05) is 16.8 Å². The number of aryl methyl sites for hydroxylation is 1. The molecule has 0 bridgehead atoms. The Hall–Kier alpha value is -3.05. The zero-order valence-corrected chi connectivity index (χ0v) is 17.6. The van der Waals surface area contributed by atoms with E-state index in [1.54, 1.807) is 11.0 Å². The van der Waals surface area contributed by atoms with E-state index in [1.807, 2.05) is 73.7 Å². The monoisotopic (exact) mass is 448 g/mol. The van der Waals surface area contributed by atoms with Crippen LogP contribution in [0.2, 0.25) is 0 Å². The molecule has 0 saturated heterocycles. The lowest BCUT2D eigenvalue weighted by atomic mass is 10.0. The molecule has 5 heteroatoms. The predicted molar refractivity (Wildman–Crippen MR) is 121 cm³/mol. The Morgan fingerprint density at radius 2 is 1.97 bits per heavy atom. The van der Waals surface area contributed by atoms with Gasteiger partial charge in [-0.3, -0.25) is 9.69 Å². The molecule has 1 amide bonds. The Morgan fingerprint density at radius 1 is 1.14 bits per heavy atom. The van der Waals surface area contributed by atoms with E-state index in [2.05, 4.69) is 27.8 Å². The fourth-order valence-electron chi connectivity index (χ4n) is 3.49. The van der Waals surface area contributed by atoms with Gasteiger partial charge in [0, 0.05) is 21.4 Å². The summed E-state index contributed by atoms with van der Waals surface area (Å²) < 4.78 is 6.62. The van der Waals surface area contributed by atoms with Crippen LogP contribution in [0.5, 0.6) is 5.75 Å². The van der Waals surface area contributed by atoms with Crippen LogP contribution in [0.3, 0.4) is 0 Å². The SMILES string of the molecule is C=CCOc1ccc(Br)c([C@@H]2Nc3ccccc3C(=O)N2c2cccc(C)c2)c1. The lowest BCUT2D eigenvalue weighted by Gasteiger charge is -2.38. The summed E-state index contributed by atoms with van der Waals surface area (Å²) in [6, 6.07) is 21.3. The van der Waals surface area contributed by atoms with Gasteiger partial charge in [-0.05, 0) is 55.0 Å². The maximum atomic E-state index is 13.5. The van der Waals surface area contributed by atoms with Crippen molar-refractivity contribution in [3.05, 3.63) is 101 Å². The molecule has 29 heavy (non-hydrogen) atoms. The molecular weight excluding hydrogens is 428 g/mol. The molecule has 0 unspecified atom stereocenters. The summed E-state index contributed by atoms with van der Waals surface area (Å²) >= 11 is 3.65. The minimum atomic E-state index is -0.388. The number of halogens is 1. The van der Waals surface area contributed by atoms with E-state index < -0.39 is 0 Å². The van der Waals surface area contributed by atoms with E-state index in [0.717, 1.165) is 32.7 Å². The average Bonchev–Trinajstić information content (AvgIpc) is 2.73. The molecule has 0 fully saturated rings. The molecule has 1 aliphatic rings. The normalized spacial score (nSPS) is 15.4. The third-order valence-corrected chi connectivity index (χ3v) is 5.56. The first-order valence-corrected chi connectivity index (χ1v) is 10.2. The number of nitrogens with one attached hydrogen (secondary N) is 1. The van der Waals surface area contributed by atoms with E-state index in [0.29, 0.717) is 12.2 Å². The van der Waals surface area contributed by atoms with Crippen molar-refractivity contribution in [3.8, 4) is 5.75 Å². The van der Waals surface area contributed by atoms with Crippen LogP contribution in [-0.4, -0.2) is 12.5 Å². The smallest absolute Gasteiger partial charge is 0.262 e. The third kappa shape index (κ3) is 3.78. The van der Waals surface area contributed by atoms with Crippen LogP contribution >= 0.6 is 15.9 Å². The van der Waals surface area contributed by atoms with Crippen LogP contribution in [-0.2, 0) is 0 Å². The number of hydrogen-bond acceptors (Lipinski definition) is 3. The molecule has 1 aliphatic heterocycles. The maximum Gasteiger partial charge on any atom is 0.262 e. The van der Waals surface area contributed by atoms with Crippen molar-refractivity contribution in [1.82, 2.24) is 0 Å². The van der Waals surface area contributed by atoms with Crippen molar-refractivity contribution in [2.24, 2.45) is 0 Å². The van der Waals surface area contributed by atoms with Crippen molar-refractivity contribution < 1.29 is 9.53 Å². The van der Waals surface area contributed by atoms with Crippen molar-refractivity contribution >= 4 is 33.2 Å². The summed E-state index contributed by atoms with van der Waals surface area (Å²) in [4.78, 5) is 15.3. The Kier molecular flexibility index (Phi) is 5.41. The second kappa shape index (κ2) is 8.13. The van der Waals surface area contributed by atoms with Crippen molar-refractivity contribution in [2.45, 2.75) is 13.1 Å². The van der Waals surface area contributed by atoms with Gasteiger partial charge in [0.15, 0.2) is 0 Å². The molecule has 4 nitrogen and oxygen atoms in total. The van der Waals surface area contributed by atoms with Gasteiger partial charge in [-0.25, -0.2) is 0 Å². The first kappa shape index (κ1) is 19.3. The molecule has 0 radical (unpaired) electrons. The number of ether oxygens (including phenoxy) is 1. The number of carbonyl (C=O) groups excluding carboxylic acids is 1. The molecule has 0 aromatic heterocycles. The molecule has 3 aromatic carbocycles. The lowest BCUT2D eigenvalue weighted by Crippen LogP contribution is -2.43. The summed E-state index contributed by atoms with van der Waals surface area (Å²) in [6.07, 6.45) is 1.32. The number of benzene rings is 3. The first-order chi connectivity index (χ1) is 14.1. The summed E-state index contributed by atoms with van der Waals surface area (Å²) in [5.74, 6) is 0.680. The number of fused-ring (bicyclic) bond motifs is 1. The van der Waals surface area contributed by atoms with Crippen LogP contribution in [0.4, 0.5) is 11.4 Å². The minimum Gasteiger partial charge on any atom is -0.490 e. The number of rotatable bonds is 5. The van der Waals surface area contributed by atoms with Crippen LogP contribution in [0.15, 0.2) is 83.9 Å². The van der Waals surface area contributed by atoms with Crippen LogP contribution in [0.1, 0.15) is 27.7 Å². The van der Waals surface area contributed by atoms with Crippen molar-refractivity contribution in [3.63, 3.8) is 0 Å². The number of amides is 1. The average molecular weight is 449 g/mol. The Morgan fingerprint density at radius 3 is 2.76 bits per heavy atom. The molecule has 0 saturated carbocycles. The van der Waals surface area contributed by atoms with E-state index in [1.165, 1.54) is 0 Å². The summed E-state index contributed by atoms with van der Waals surface area (Å²) in [6.45, 7) is 6.14. The fraction of sp³-hybridized carbons (Fsp3) is 0.125. The highest BCUT2D eigenvalue weighted by molar-refractivity contribution is 9.10. The van der Waals surface area contributed by atoms with E-state index >= 15 is 0 Å². The summed E-state index contributed by atoms with van der Waals surface area (Å²) in [5.41, 5.74) is 4.31. The number of carbonyl (C=O) groups is 1. The van der Waals surface area contributed by atoms with Crippen LogP contribution < -0.4 is 15.0 Å². The van der Waals surface area contributed by atoms with Crippen molar-refractivity contribution in [1.29, 1.82) is 0 Å². The molecule has 4 rings (SSSR count). The summed E-state index contributed by atoms with van der Waals surface area (Å²) in [7, 11) is 0. The molecule has 1 heterocycles. The van der Waals surface area contributed by atoms with Gasteiger partial charge in [0.2, 0.25) is 0 Å². The molecule has 1 atom stereocenters. The molecule has 1 N–H and O–H groups in total. The second-order valence-electron chi connectivity index (χ2n) is 6.89. The molecule has 146 valence electrons. The van der Waals surface area contributed by atoms with E-state index in [9.17, 15) is 4.79 Å². The Balaban J connectivity index is 1.85. The zero-order valence-electron chi connectivity index (χ0n) is 16.1. The zero-order chi connectivity index (χ0) is 20.4.